The maximum atomic E-state index is 11.1. The molecule has 0 atom stereocenters. The monoisotopic (exact) mass is 200 g/mol. The minimum Gasteiger partial charge on any atom is -0.356 e. The van der Waals surface area contributed by atoms with Gasteiger partial charge in [0, 0.05) is 13.1 Å². The Hall–Kier alpha value is -1.06. The molecule has 0 spiro atoms. The molecule has 0 rings (SSSR count). The topological polar surface area (TPSA) is 58.2 Å². The highest BCUT2D eigenvalue weighted by molar-refractivity contribution is 5.96. The van der Waals surface area contributed by atoms with Crippen molar-refractivity contribution in [1.29, 1.82) is 0 Å². The lowest BCUT2D eigenvalue weighted by Gasteiger charge is -2.07. The summed E-state index contributed by atoms with van der Waals surface area (Å²) in [5.74, 6) is 0.0121. The highest BCUT2D eigenvalue weighted by Crippen LogP contribution is 1.88. The van der Waals surface area contributed by atoms with Crippen LogP contribution in [0.3, 0.4) is 0 Å². The Kier molecular flexibility index (Phi) is 6.80. The molecule has 4 nitrogen and oxygen atoms in total. The Morgan fingerprint density at radius 1 is 1.14 bits per heavy atom. The van der Waals surface area contributed by atoms with Crippen LogP contribution in [0.15, 0.2) is 0 Å². The number of carbonyl (C=O) groups excluding carboxylic acids is 2. The summed E-state index contributed by atoms with van der Waals surface area (Å²) in [5, 5.41) is 5.34. The molecule has 14 heavy (non-hydrogen) atoms. The SMILES string of the molecule is CCCNC(=O)CC(=O)NCC(C)C. The molecule has 0 radical (unpaired) electrons. The van der Waals surface area contributed by atoms with E-state index < -0.39 is 0 Å². The van der Waals surface area contributed by atoms with E-state index in [1.807, 2.05) is 20.8 Å². The second kappa shape index (κ2) is 7.35. The fraction of sp³-hybridized carbons (Fsp3) is 0.800. The van der Waals surface area contributed by atoms with Gasteiger partial charge in [0.25, 0.3) is 0 Å². The molecule has 0 bridgehead atoms. The number of amides is 2. The molecule has 0 aromatic rings. The first-order valence-electron chi connectivity index (χ1n) is 5.09. The number of rotatable bonds is 6. The Morgan fingerprint density at radius 3 is 2.21 bits per heavy atom. The Bertz CT molecular complexity index is 191. The molecule has 0 aliphatic rings. The van der Waals surface area contributed by atoms with E-state index in [4.69, 9.17) is 0 Å². The molecule has 0 fully saturated rings. The summed E-state index contributed by atoms with van der Waals surface area (Å²) in [7, 11) is 0. The molecule has 0 aromatic carbocycles. The van der Waals surface area contributed by atoms with E-state index in [1.54, 1.807) is 0 Å². The molecule has 0 aliphatic carbocycles. The Morgan fingerprint density at radius 2 is 1.71 bits per heavy atom. The maximum absolute atomic E-state index is 11.1. The molecule has 0 heterocycles. The number of nitrogens with one attached hydrogen (secondary N) is 2. The lowest BCUT2D eigenvalue weighted by Crippen LogP contribution is -2.33. The largest absolute Gasteiger partial charge is 0.356 e. The van der Waals surface area contributed by atoms with Gasteiger partial charge in [0.2, 0.25) is 11.8 Å². The zero-order valence-electron chi connectivity index (χ0n) is 9.22. The van der Waals surface area contributed by atoms with Crippen LogP contribution in [0.25, 0.3) is 0 Å². The van der Waals surface area contributed by atoms with E-state index in [0.717, 1.165) is 6.42 Å². The molecule has 0 saturated heterocycles. The molecule has 0 aromatic heterocycles. The molecule has 0 unspecified atom stereocenters. The number of hydrogen-bond acceptors (Lipinski definition) is 2. The predicted octanol–water partition coefficient (Wildman–Crippen LogP) is 0.675. The summed E-state index contributed by atoms with van der Waals surface area (Å²) in [5.41, 5.74) is 0. The van der Waals surface area contributed by atoms with Gasteiger partial charge in [0.15, 0.2) is 0 Å². The van der Waals surface area contributed by atoms with Crippen LogP contribution in [0, 0.1) is 5.92 Å². The summed E-state index contributed by atoms with van der Waals surface area (Å²) >= 11 is 0. The van der Waals surface area contributed by atoms with Crippen LogP contribution >= 0.6 is 0 Å². The van der Waals surface area contributed by atoms with Gasteiger partial charge in [-0.3, -0.25) is 9.59 Å². The second-order valence-corrected chi connectivity index (χ2v) is 3.72. The third kappa shape index (κ3) is 7.58. The molecule has 2 amide bonds. The zero-order valence-corrected chi connectivity index (χ0v) is 9.22. The second-order valence-electron chi connectivity index (χ2n) is 3.72. The first kappa shape index (κ1) is 12.9. The average molecular weight is 200 g/mol. The highest BCUT2D eigenvalue weighted by atomic mass is 16.2. The number of carbonyl (C=O) groups is 2. The van der Waals surface area contributed by atoms with Crippen LogP contribution in [-0.4, -0.2) is 24.9 Å². The lowest BCUT2D eigenvalue weighted by molar-refractivity contribution is -0.129. The molecule has 4 heteroatoms. The highest BCUT2D eigenvalue weighted by Gasteiger charge is 2.08. The standard InChI is InChI=1S/C10H20N2O2/c1-4-5-11-9(13)6-10(14)12-7-8(2)3/h8H,4-7H2,1-3H3,(H,11,13)(H,12,14). The van der Waals surface area contributed by atoms with Crippen molar-refractivity contribution in [3.63, 3.8) is 0 Å². The maximum Gasteiger partial charge on any atom is 0.229 e. The van der Waals surface area contributed by atoms with Gasteiger partial charge in [-0.25, -0.2) is 0 Å². The van der Waals surface area contributed by atoms with Crippen molar-refractivity contribution >= 4 is 11.8 Å². The van der Waals surface area contributed by atoms with Gasteiger partial charge in [0.05, 0.1) is 0 Å². The molecule has 0 saturated carbocycles. The van der Waals surface area contributed by atoms with Crippen molar-refractivity contribution in [2.45, 2.75) is 33.6 Å². The van der Waals surface area contributed by atoms with E-state index in [-0.39, 0.29) is 18.2 Å². The van der Waals surface area contributed by atoms with Crippen molar-refractivity contribution < 1.29 is 9.59 Å². The van der Waals surface area contributed by atoms with Crippen molar-refractivity contribution in [3.8, 4) is 0 Å². The van der Waals surface area contributed by atoms with Crippen LogP contribution < -0.4 is 10.6 Å². The van der Waals surface area contributed by atoms with Gasteiger partial charge in [-0.1, -0.05) is 20.8 Å². The molecular formula is C10H20N2O2. The molecule has 82 valence electrons. The average Bonchev–Trinajstić information content (AvgIpc) is 2.11. The summed E-state index contributed by atoms with van der Waals surface area (Å²) < 4.78 is 0. The number of hydrogen-bond donors (Lipinski definition) is 2. The van der Waals surface area contributed by atoms with Crippen LogP contribution in [0.4, 0.5) is 0 Å². The van der Waals surface area contributed by atoms with Crippen LogP contribution in [-0.2, 0) is 9.59 Å². The minimum atomic E-state index is -0.202. The van der Waals surface area contributed by atoms with Crippen LogP contribution in [0.2, 0.25) is 0 Å². The fourth-order valence-corrected chi connectivity index (χ4v) is 0.853. The van der Waals surface area contributed by atoms with E-state index in [1.165, 1.54) is 0 Å². The van der Waals surface area contributed by atoms with Gasteiger partial charge >= 0.3 is 0 Å². The van der Waals surface area contributed by atoms with Gasteiger partial charge < -0.3 is 10.6 Å². The third-order valence-electron chi connectivity index (χ3n) is 1.60. The molecule has 0 aliphatic heterocycles. The Labute approximate surface area is 85.4 Å². The van der Waals surface area contributed by atoms with E-state index in [9.17, 15) is 9.59 Å². The van der Waals surface area contributed by atoms with E-state index in [2.05, 4.69) is 10.6 Å². The lowest BCUT2D eigenvalue weighted by atomic mass is 10.2. The Balaban J connectivity index is 3.55. The smallest absolute Gasteiger partial charge is 0.229 e. The summed E-state index contributed by atoms with van der Waals surface area (Å²) in [4.78, 5) is 22.2. The molecule has 2 N–H and O–H groups in total. The first-order chi connectivity index (χ1) is 6.56. The minimum absolute atomic E-state index is 0.0628. The van der Waals surface area contributed by atoms with Gasteiger partial charge in [-0.15, -0.1) is 0 Å². The van der Waals surface area contributed by atoms with Crippen molar-refractivity contribution in [2.75, 3.05) is 13.1 Å². The van der Waals surface area contributed by atoms with Crippen molar-refractivity contribution in [1.82, 2.24) is 10.6 Å². The summed E-state index contributed by atoms with van der Waals surface area (Å²) in [6, 6.07) is 0. The van der Waals surface area contributed by atoms with E-state index in [0.29, 0.717) is 19.0 Å². The van der Waals surface area contributed by atoms with Gasteiger partial charge in [-0.2, -0.15) is 0 Å². The fourth-order valence-electron chi connectivity index (χ4n) is 0.853. The van der Waals surface area contributed by atoms with Crippen molar-refractivity contribution in [3.05, 3.63) is 0 Å². The third-order valence-corrected chi connectivity index (χ3v) is 1.60. The summed E-state index contributed by atoms with van der Waals surface area (Å²) in [6.45, 7) is 7.25. The summed E-state index contributed by atoms with van der Waals surface area (Å²) in [6.07, 6.45) is 0.825. The van der Waals surface area contributed by atoms with Gasteiger partial charge in [-0.05, 0) is 12.3 Å². The predicted molar refractivity (Wildman–Crippen MR) is 55.8 cm³/mol. The molecular weight excluding hydrogens is 180 g/mol. The normalized spacial score (nSPS) is 10.0. The van der Waals surface area contributed by atoms with Gasteiger partial charge in [0.1, 0.15) is 6.42 Å². The first-order valence-corrected chi connectivity index (χ1v) is 5.09. The van der Waals surface area contributed by atoms with Crippen LogP contribution in [0.5, 0.6) is 0 Å². The quantitative estimate of drug-likeness (QED) is 0.619. The van der Waals surface area contributed by atoms with Crippen LogP contribution in [0.1, 0.15) is 33.6 Å². The zero-order chi connectivity index (χ0) is 11.0. The van der Waals surface area contributed by atoms with E-state index >= 15 is 0 Å². The van der Waals surface area contributed by atoms with Crippen molar-refractivity contribution in [2.24, 2.45) is 5.92 Å².